The van der Waals surface area contributed by atoms with E-state index in [4.69, 9.17) is 9.26 Å². The van der Waals surface area contributed by atoms with E-state index in [2.05, 4.69) is 29.0 Å². The van der Waals surface area contributed by atoms with Crippen LogP contribution in [0, 0.1) is 6.92 Å². The van der Waals surface area contributed by atoms with Crippen LogP contribution in [0.4, 0.5) is 0 Å². The minimum atomic E-state index is -0.445. The first kappa shape index (κ1) is 20.9. The highest BCUT2D eigenvalue weighted by Crippen LogP contribution is 2.27. The first-order valence-electron chi connectivity index (χ1n) is 9.97. The molecule has 0 aliphatic carbocycles. The van der Waals surface area contributed by atoms with Crippen molar-refractivity contribution in [2.24, 2.45) is 0 Å². The second-order valence-electron chi connectivity index (χ2n) is 7.42. The van der Waals surface area contributed by atoms with Crippen molar-refractivity contribution < 1.29 is 14.1 Å². The van der Waals surface area contributed by atoms with E-state index in [1.807, 2.05) is 24.3 Å². The summed E-state index contributed by atoms with van der Waals surface area (Å²) in [6.45, 7) is 8.09. The number of carbonyl (C=O) groups excluding carboxylic acids is 1. The Bertz CT molecular complexity index is 1300. The lowest BCUT2D eigenvalue weighted by Crippen LogP contribution is -2.21. The molecule has 4 aromatic rings. The van der Waals surface area contributed by atoms with Crippen molar-refractivity contribution in [3.63, 3.8) is 0 Å². The van der Waals surface area contributed by atoms with E-state index in [0.717, 1.165) is 16.9 Å². The zero-order valence-electron chi connectivity index (χ0n) is 17.7. The predicted octanol–water partition coefficient (Wildman–Crippen LogP) is 4.16. The van der Waals surface area contributed by atoms with Gasteiger partial charge in [0, 0.05) is 5.56 Å². The molecule has 0 aliphatic rings. The van der Waals surface area contributed by atoms with Gasteiger partial charge in [0.05, 0.1) is 18.3 Å². The lowest BCUT2D eigenvalue weighted by Gasteiger charge is -2.04. The topological polar surface area (TPSA) is 100 Å². The number of rotatable bonds is 6. The summed E-state index contributed by atoms with van der Waals surface area (Å²) in [6, 6.07) is 7.99. The minimum absolute atomic E-state index is 0.0862. The summed E-state index contributed by atoms with van der Waals surface area (Å²) >= 11 is 1.16. The van der Waals surface area contributed by atoms with Gasteiger partial charge in [0.15, 0.2) is 0 Å². The molecule has 0 radical (unpaired) electrons. The molecule has 4 rings (SSSR count). The van der Waals surface area contributed by atoms with E-state index >= 15 is 0 Å². The average Bonchev–Trinajstić information content (AvgIpc) is 3.35. The van der Waals surface area contributed by atoms with Gasteiger partial charge in [0.25, 0.3) is 5.56 Å². The Morgan fingerprint density at radius 3 is 2.68 bits per heavy atom. The van der Waals surface area contributed by atoms with Crippen LogP contribution in [0.1, 0.15) is 53.4 Å². The molecule has 0 saturated carbocycles. The monoisotopic (exact) mass is 438 g/mol. The van der Waals surface area contributed by atoms with E-state index in [9.17, 15) is 9.59 Å². The van der Waals surface area contributed by atoms with Crippen molar-refractivity contribution in [2.75, 3.05) is 6.61 Å². The zero-order chi connectivity index (χ0) is 22.1. The molecule has 0 unspecified atom stereocenters. The Labute approximate surface area is 182 Å². The van der Waals surface area contributed by atoms with Gasteiger partial charge in [-0.15, -0.1) is 11.3 Å². The Hall–Kier alpha value is -3.33. The van der Waals surface area contributed by atoms with Crippen molar-refractivity contribution >= 4 is 27.5 Å². The quantitative estimate of drug-likeness (QED) is 0.417. The summed E-state index contributed by atoms with van der Waals surface area (Å²) in [4.78, 5) is 34.8. The highest BCUT2D eigenvalue weighted by Gasteiger charge is 2.21. The number of hydrogen-bond acceptors (Lipinski definition) is 8. The fourth-order valence-electron chi connectivity index (χ4n) is 3.26. The molecule has 0 fully saturated rings. The summed E-state index contributed by atoms with van der Waals surface area (Å²) in [5.41, 5.74) is 2.37. The number of hydrogen-bond donors (Lipinski definition) is 0. The summed E-state index contributed by atoms with van der Waals surface area (Å²) in [5, 5.41) is 4.44. The third-order valence-corrected chi connectivity index (χ3v) is 6.17. The van der Waals surface area contributed by atoms with Gasteiger partial charge in [-0.05, 0) is 30.9 Å². The van der Waals surface area contributed by atoms with Crippen molar-refractivity contribution in [3.05, 3.63) is 62.8 Å². The fraction of sp³-hybridized carbons (Fsp3) is 0.318. The van der Waals surface area contributed by atoms with Gasteiger partial charge in [-0.3, -0.25) is 9.36 Å². The first-order chi connectivity index (χ1) is 14.9. The Balaban J connectivity index is 1.62. The maximum Gasteiger partial charge on any atom is 0.348 e. The molecule has 0 amide bonds. The standard InChI is InChI=1S/C22H22N4O4S/c1-5-29-22(28)18-13(4)17-20(31-18)23-11-26(21(17)27)10-16-24-19(25-30-16)15-8-6-14(7-9-15)12(2)3/h6-9,11-12H,5,10H2,1-4H3. The van der Waals surface area contributed by atoms with Gasteiger partial charge < -0.3 is 9.26 Å². The van der Waals surface area contributed by atoms with Crippen molar-refractivity contribution in [1.82, 2.24) is 19.7 Å². The van der Waals surface area contributed by atoms with Crippen LogP contribution in [0.2, 0.25) is 0 Å². The molecule has 160 valence electrons. The number of nitrogens with zero attached hydrogens (tertiary/aromatic N) is 4. The van der Waals surface area contributed by atoms with Gasteiger partial charge in [-0.2, -0.15) is 4.98 Å². The van der Waals surface area contributed by atoms with Crippen LogP contribution in [-0.2, 0) is 11.3 Å². The fourth-order valence-corrected chi connectivity index (χ4v) is 4.30. The number of thiophene rings is 1. The Morgan fingerprint density at radius 1 is 1.26 bits per heavy atom. The van der Waals surface area contributed by atoms with Crippen LogP contribution in [0.5, 0.6) is 0 Å². The minimum Gasteiger partial charge on any atom is -0.462 e. The van der Waals surface area contributed by atoms with Crippen LogP contribution in [-0.4, -0.2) is 32.3 Å². The number of ether oxygens (including phenoxy) is 1. The number of fused-ring (bicyclic) bond motifs is 1. The average molecular weight is 439 g/mol. The smallest absolute Gasteiger partial charge is 0.348 e. The third-order valence-electron chi connectivity index (χ3n) is 4.99. The van der Waals surface area contributed by atoms with Crippen LogP contribution in [0.15, 0.2) is 39.9 Å². The Kier molecular flexibility index (Phi) is 5.69. The number of benzene rings is 1. The van der Waals surface area contributed by atoms with Crippen LogP contribution in [0.3, 0.4) is 0 Å². The third kappa shape index (κ3) is 4.00. The number of esters is 1. The molecule has 9 heteroatoms. The van der Waals surface area contributed by atoms with Crippen LogP contribution >= 0.6 is 11.3 Å². The highest BCUT2D eigenvalue weighted by atomic mass is 32.1. The molecule has 0 bridgehead atoms. The summed E-state index contributed by atoms with van der Waals surface area (Å²) in [6.07, 6.45) is 1.43. The number of aromatic nitrogens is 4. The second-order valence-corrected chi connectivity index (χ2v) is 8.42. The maximum absolute atomic E-state index is 13.0. The number of aryl methyl sites for hydroxylation is 1. The summed E-state index contributed by atoms with van der Waals surface area (Å²) in [5.74, 6) is 0.751. The predicted molar refractivity (Wildman–Crippen MR) is 117 cm³/mol. The van der Waals surface area contributed by atoms with Gasteiger partial charge in [0.1, 0.15) is 16.3 Å². The van der Waals surface area contributed by atoms with E-state index in [0.29, 0.717) is 38.3 Å². The SMILES string of the molecule is CCOC(=O)c1sc2ncn(Cc3nc(-c4ccc(C(C)C)cc4)no3)c(=O)c2c1C. The largest absolute Gasteiger partial charge is 0.462 e. The highest BCUT2D eigenvalue weighted by molar-refractivity contribution is 7.20. The molecule has 0 aliphatic heterocycles. The second kappa shape index (κ2) is 8.43. The van der Waals surface area contributed by atoms with Crippen LogP contribution in [0.25, 0.3) is 21.6 Å². The Morgan fingerprint density at radius 2 is 2.00 bits per heavy atom. The molecular formula is C22H22N4O4S. The maximum atomic E-state index is 13.0. The van der Waals surface area contributed by atoms with E-state index < -0.39 is 5.97 Å². The molecule has 3 aromatic heterocycles. The molecule has 0 atom stereocenters. The molecule has 31 heavy (non-hydrogen) atoms. The normalized spacial score (nSPS) is 11.4. The zero-order valence-corrected chi connectivity index (χ0v) is 18.5. The van der Waals surface area contributed by atoms with Gasteiger partial charge in [-0.25, -0.2) is 9.78 Å². The molecular weight excluding hydrogens is 416 g/mol. The number of carbonyl (C=O) groups is 1. The molecule has 8 nitrogen and oxygen atoms in total. The van der Waals surface area contributed by atoms with Gasteiger partial charge >= 0.3 is 5.97 Å². The molecule has 1 aromatic carbocycles. The van der Waals surface area contributed by atoms with Crippen molar-refractivity contribution in [2.45, 2.75) is 40.2 Å². The summed E-state index contributed by atoms with van der Waals surface area (Å²) < 4.78 is 11.8. The summed E-state index contributed by atoms with van der Waals surface area (Å²) in [7, 11) is 0. The van der Waals surface area contributed by atoms with E-state index in [-0.39, 0.29) is 18.7 Å². The van der Waals surface area contributed by atoms with Crippen LogP contribution < -0.4 is 5.56 Å². The van der Waals surface area contributed by atoms with Gasteiger partial charge in [0.2, 0.25) is 11.7 Å². The van der Waals surface area contributed by atoms with Crippen molar-refractivity contribution in [1.29, 1.82) is 0 Å². The van der Waals surface area contributed by atoms with Gasteiger partial charge in [-0.1, -0.05) is 43.3 Å². The van der Waals surface area contributed by atoms with Crippen molar-refractivity contribution in [3.8, 4) is 11.4 Å². The van der Waals surface area contributed by atoms with E-state index in [1.165, 1.54) is 16.5 Å². The molecule has 0 N–H and O–H groups in total. The molecule has 3 heterocycles. The lowest BCUT2D eigenvalue weighted by molar-refractivity contribution is 0.0531. The lowest BCUT2D eigenvalue weighted by atomic mass is 10.0. The van der Waals surface area contributed by atoms with E-state index in [1.54, 1.807) is 13.8 Å². The molecule has 0 saturated heterocycles. The molecule has 0 spiro atoms. The first-order valence-corrected chi connectivity index (χ1v) is 10.8.